The Morgan fingerprint density at radius 1 is 1.20 bits per heavy atom. The molecule has 1 fully saturated rings. The van der Waals surface area contributed by atoms with Gasteiger partial charge in [0, 0.05) is 35.1 Å². The Morgan fingerprint density at radius 2 is 1.97 bits per heavy atom. The Morgan fingerprint density at radius 3 is 2.63 bits per heavy atom. The number of carbonyl (C=O) groups excluding carboxylic acids is 3. The number of esters is 1. The van der Waals surface area contributed by atoms with E-state index in [1.807, 2.05) is 54.3 Å². The van der Waals surface area contributed by atoms with E-state index in [0.29, 0.717) is 18.7 Å². The van der Waals surface area contributed by atoms with Gasteiger partial charge in [-0.1, -0.05) is 6.07 Å². The Labute approximate surface area is 173 Å². The van der Waals surface area contributed by atoms with E-state index in [-0.39, 0.29) is 25.1 Å². The lowest BCUT2D eigenvalue weighted by atomic mass is 10.0. The average Bonchev–Trinajstić information content (AvgIpc) is 3.27. The first-order valence-corrected chi connectivity index (χ1v) is 9.83. The highest BCUT2D eigenvalue weighted by atomic mass is 16.5. The van der Waals surface area contributed by atoms with Crippen LogP contribution in [0.15, 0.2) is 42.7 Å². The minimum Gasteiger partial charge on any atom is -0.461 e. The monoisotopic (exact) mass is 407 g/mol. The van der Waals surface area contributed by atoms with Crippen LogP contribution in [0.4, 0.5) is 4.79 Å². The summed E-state index contributed by atoms with van der Waals surface area (Å²) < 4.78 is 7.17. The zero-order valence-electron chi connectivity index (χ0n) is 16.9. The van der Waals surface area contributed by atoms with Crippen molar-refractivity contribution in [1.29, 1.82) is 0 Å². The molecular weight excluding hydrogens is 384 g/mol. The van der Waals surface area contributed by atoms with Crippen LogP contribution in [0, 0.1) is 0 Å². The molecule has 0 unspecified atom stereocenters. The molecule has 0 aliphatic carbocycles. The number of aryl methyl sites for hydroxylation is 1. The van der Waals surface area contributed by atoms with Crippen LogP contribution in [-0.4, -0.2) is 47.5 Å². The van der Waals surface area contributed by atoms with E-state index in [2.05, 4.69) is 10.3 Å². The maximum absolute atomic E-state index is 12.6. The Hall–Kier alpha value is -3.68. The molecule has 154 valence electrons. The molecule has 3 aromatic rings. The van der Waals surface area contributed by atoms with Gasteiger partial charge in [0.2, 0.25) is 5.91 Å². The lowest BCUT2D eigenvalue weighted by Crippen LogP contribution is -2.32. The van der Waals surface area contributed by atoms with E-state index in [1.54, 1.807) is 6.92 Å². The summed E-state index contributed by atoms with van der Waals surface area (Å²) >= 11 is 0. The van der Waals surface area contributed by atoms with Gasteiger partial charge in [-0.25, -0.2) is 14.2 Å². The molecule has 8 nitrogen and oxygen atoms in total. The molecule has 1 saturated heterocycles. The standard InChI is InChI=1S/C22H22N4O4/c1-3-30-21(28)20-19(15-7-9-25(2)10-8-15)16-12-14(4-5-17(16)24-20)6-11-26-18(27)13-23-22(26)29/h4-5,7-10,12H,3,6,11,13H2,1-2H3,(H,23,29)/p+1. The van der Waals surface area contributed by atoms with Crippen LogP contribution in [0.2, 0.25) is 0 Å². The SMILES string of the molecule is CCOC(=O)c1[nH]c2ccc(CCN3C(=O)CNC3=O)cc2c1-c1cc[n+](C)cc1. The minimum atomic E-state index is -0.405. The van der Waals surface area contributed by atoms with Gasteiger partial charge in [0.05, 0.1) is 13.2 Å². The highest BCUT2D eigenvalue weighted by molar-refractivity contribution is 6.08. The fourth-order valence-electron chi connectivity index (χ4n) is 3.64. The number of aromatic nitrogens is 2. The first kappa shape index (κ1) is 19.6. The number of hydrogen-bond donors (Lipinski definition) is 2. The quantitative estimate of drug-likeness (QED) is 0.371. The summed E-state index contributed by atoms with van der Waals surface area (Å²) in [6.07, 6.45) is 4.37. The van der Waals surface area contributed by atoms with Crippen LogP contribution in [0.1, 0.15) is 23.0 Å². The van der Waals surface area contributed by atoms with Gasteiger partial charge in [0.15, 0.2) is 12.4 Å². The Bertz CT molecular complexity index is 1120. The third-order valence-corrected chi connectivity index (χ3v) is 5.17. The molecule has 4 rings (SSSR count). The van der Waals surface area contributed by atoms with Crippen LogP contribution in [0.5, 0.6) is 0 Å². The number of nitrogens with one attached hydrogen (secondary N) is 2. The molecule has 1 aliphatic rings. The highest BCUT2D eigenvalue weighted by Crippen LogP contribution is 2.33. The maximum Gasteiger partial charge on any atom is 0.355 e. The fraction of sp³-hybridized carbons (Fsp3) is 0.273. The molecule has 8 heteroatoms. The molecule has 3 heterocycles. The Kier molecular flexibility index (Phi) is 5.22. The van der Waals surface area contributed by atoms with Crippen molar-refractivity contribution in [2.75, 3.05) is 19.7 Å². The number of aromatic amines is 1. The van der Waals surface area contributed by atoms with Crippen molar-refractivity contribution < 1.29 is 23.7 Å². The van der Waals surface area contributed by atoms with Gasteiger partial charge in [-0.3, -0.25) is 9.69 Å². The second-order valence-corrected chi connectivity index (χ2v) is 7.18. The van der Waals surface area contributed by atoms with E-state index in [0.717, 1.165) is 27.6 Å². The van der Waals surface area contributed by atoms with Crippen molar-refractivity contribution in [3.63, 3.8) is 0 Å². The number of imide groups is 1. The number of ether oxygens (including phenoxy) is 1. The predicted molar refractivity (Wildman–Crippen MR) is 110 cm³/mol. The first-order valence-electron chi connectivity index (χ1n) is 9.83. The van der Waals surface area contributed by atoms with Crippen molar-refractivity contribution in [1.82, 2.24) is 15.2 Å². The number of rotatable bonds is 6. The molecule has 0 radical (unpaired) electrons. The number of carbonyl (C=O) groups is 3. The highest BCUT2D eigenvalue weighted by Gasteiger charge is 2.28. The molecule has 3 amide bonds. The molecule has 0 atom stereocenters. The minimum absolute atomic E-state index is 0.0498. The van der Waals surface area contributed by atoms with Crippen LogP contribution in [-0.2, 0) is 23.0 Å². The van der Waals surface area contributed by atoms with E-state index in [9.17, 15) is 14.4 Å². The van der Waals surface area contributed by atoms with Crippen molar-refractivity contribution in [2.45, 2.75) is 13.3 Å². The summed E-state index contributed by atoms with van der Waals surface area (Å²) in [5, 5.41) is 3.42. The van der Waals surface area contributed by atoms with Crippen molar-refractivity contribution in [3.05, 3.63) is 54.0 Å². The van der Waals surface area contributed by atoms with Gasteiger partial charge in [-0.05, 0) is 36.6 Å². The number of hydrogen-bond acceptors (Lipinski definition) is 4. The largest absolute Gasteiger partial charge is 0.461 e. The maximum atomic E-state index is 12.6. The third-order valence-electron chi connectivity index (χ3n) is 5.17. The summed E-state index contributed by atoms with van der Waals surface area (Å²) in [5.41, 5.74) is 3.87. The molecule has 1 aliphatic heterocycles. The molecule has 0 bridgehead atoms. The number of pyridine rings is 1. The Balaban J connectivity index is 1.73. The van der Waals surface area contributed by atoms with E-state index in [1.165, 1.54) is 4.90 Å². The van der Waals surface area contributed by atoms with Gasteiger partial charge >= 0.3 is 12.0 Å². The number of H-pyrrole nitrogens is 1. The molecule has 1 aromatic carbocycles. The summed E-state index contributed by atoms with van der Waals surface area (Å²) in [6, 6.07) is 9.38. The number of urea groups is 1. The van der Waals surface area contributed by atoms with Crippen LogP contribution >= 0.6 is 0 Å². The summed E-state index contributed by atoms with van der Waals surface area (Å²) in [6.45, 7) is 2.42. The number of nitrogens with zero attached hydrogens (tertiary/aromatic N) is 2. The second kappa shape index (κ2) is 7.98. The van der Waals surface area contributed by atoms with Crippen molar-refractivity contribution >= 4 is 28.8 Å². The molecule has 0 spiro atoms. The molecule has 0 saturated carbocycles. The van der Waals surface area contributed by atoms with Crippen LogP contribution < -0.4 is 9.88 Å². The van der Waals surface area contributed by atoms with Gasteiger partial charge in [-0.15, -0.1) is 0 Å². The van der Waals surface area contributed by atoms with Gasteiger partial charge < -0.3 is 15.0 Å². The lowest BCUT2D eigenvalue weighted by molar-refractivity contribution is -0.671. The van der Waals surface area contributed by atoms with Crippen molar-refractivity contribution in [3.8, 4) is 11.1 Å². The third kappa shape index (κ3) is 3.63. The van der Waals surface area contributed by atoms with Gasteiger partial charge in [0.25, 0.3) is 0 Å². The number of fused-ring (bicyclic) bond motifs is 1. The van der Waals surface area contributed by atoms with E-state index < -0.39 is 5.97 Å². The summed E-state index contributed by atoms with van der Waals surface area (Å²) in [5.74, 6) is -0.622. The molecular formula is C22H23N4O4+. The van der Waals surface area contributed by atoms with Crippen LogP contribution in [0.3, 0.4) is 0 Å². The van der Waals surface area contributed by atoms with Crippen molar-refractivity contribution in [2.24, 2.45) is 7.05 Å². The smallest absolute Gasteiger partial charge is 0.355 e. The first-order chi connectivity index (χ1) is 14.5. The van der Waals surface area contributed by atoms with E-state index in [4.69, 9.17) is 4.74 Å². The average molecular weight is 407 g/mol. The second-order valence-electron chi connectivity index (χ2n) is 7.18. The lowest BCUT2D eigenvalue weighted by Gasteiger charge is -2.12. The van der Waals surface area contributed by atoms with E-state index >= 15 is 0 Å². The van der Waals surface area contributed by atoms with Gasteiger partial charge in [-0.2, -0.15) is 0 Å². The molecule has 2 aromatic heterocycles. The van der Waals surface area contributed by atoms with Gasteiger partial charge in [0.1, 0.15) is 12.7 Å². The molecule has 30 heavy (non-hydrogen) atoms. The summed E-state index contributed by atoms with van der Waals surface area (Å²) in [7, 11) is 1.93. The number of benzene rings is 1. The topological polar surface area (TPSA) is 95.4 Å². The number of amides is 3. The zero-order chi connectivity index (χ0) is 21.3. The normalized spacial score (nSPS) is 13.7. The predicted octanol–water partition coefficient (Wildman–Crippen LogP) is 1.93. The zero-order valence-corrected chi connectivity index (χ0v) is 16.9. The molecule has 2 N–H and O–H groups in total. The fourth-order valence-corrected chi connectivity index (χ4v) is 3.64. The van der Waals surface area contributed by atoms with Crippen LogP contribution in [0.25, 0.3) is 22.0 Å². The summed E-state index contributed by atoms with van der Waals surface area (Å²) in [4.78, 5) is 40.6.